The minimum Gasteiger partial charge on any atom is -0.466 e. The molecule has 2 rings (SSSR count). The molecule has 0 fully saturated rings. The fourth-order valence-electron chi connectivity index (χ4n) is 3.03. The SMILES string of the molecule is COC(=O)COC(=O)OC(C)O/C(=C(/C#N)c1ccc(C(C)(C)C)cc1)c1c(Cl)c(C)nn1C. The van der Waals surface area contributed by atoms with Crippen LogP contribution in [0, 0.1) is 18.3 Å². The van der Waals surface area contributed by atoms with Crippen molar-refractivity contribution in [2.75, 3.05) is 13.7 Å². The minimum absolute atomic E-state index is 0.0657. The van der Waals surface area contributed by atoms with Gasteiger partial charge in [0.25, 0.3) is 0 Å². The summed E-state index contributed by atoms with van der Waals surface area (Å²) in [5.74, 6) is -0.666. The number of aromatic nitrogens is 2. The number of rotatable bonds is 7. The quantitative estimate of drug-likeness (QED) is 0.237. The molecule has 1 aromatic carbocycles. The summed E-state index contributed by atoms with van der Waals surface area (Å²) in [6, 6.07) is 9.67. The Kier molecular flexibility index (Phi) is 8.71. The largest absolute Gasteiger partial charge is 0.511 e. The number of allylic oxidation sites excluding steroid dienone is 1. The van der Waals surface area contributed by atoms with Gasteiger partial charge in [0.2, 0.25) is 6.29 Å². The molecule has 182 valence electrons. The smallest absolute Gasteiger partial charge is 0.466 e. The normalized spacial score (nSPS) is 12.8. The van der Waals surface area contributed by atoms with Crippen molar-refractivity contribution < 1.29 is 28.5 Å². The van der Waals surface area contributed by atoms with E-state index in [1.54, 1.807) is 14.0 Å². The van der Waals surface area contributed by atoms with Gasteiger partial charge in [-0.15, -0.1) is 0 Å². The number of carbonyl (C=O) groups is 2. The highest BCUT2D eigenvalue weighted by Crippen LogP contribution is 2.34. The number of esters is 1. The Labute approximate surface area is 203 Å². The summed E-state index contributed by atoms with van der Waals surface area (Å²) in [7, 11) is 2.82. The van der Waals surface area contributed by atoms with Crippen molar-refractivity contribution in [2.45, 2.75) is 46.3 Å². The topological polar surface area (TPSA) is 113 Å². The highest BCUT2D eigenvalue weighted by atomic mass is 35.5. The molecular weight excluding hydrogens is 462 g/mol. The summed E-state index contributed by atoms with van der Waals surface area (Å²) >= 11 is 6.48. The van der Waals surface area contributed by atoms with Crippen LogP contribution < -0.4 is 0 Å². The van der Waals surface area contributed by atoms with Crippen molar-refractivity contribution in [3.8, 4) is 6.07 Å². The van der Waals surface area contributed by atoms with Crippen LogP contribution in [0.5, 0.6) is 0 Å². The summed E-state index contributed by atoms with van der Waals surface area (Å²) < 4.78 is 21.5. The van der Waals surface area contributed by atoms with Crippen LogP contribution in [0.3, 0.4) is 0 Å². The van der Waals surface area contributed by atoms with Crippen LogP contribution in [0.4, 0.5) is 4.79 Å². The van der Waals surface area contributed by atoms with Crippen LogP contribution in [0.15, 0.2) is 24.3 Å². The lowest BCUT2D eigenvalue weighted by atomic mass is 9.86. The lowest BCUT2D eigenvalue weighted by Crippen LogP contribution is -2.22. The molecule has 0 saturated heterocycles. The van der Waals surface area contributed by atoms with Crippen molar-refractivity contribution in [2.24, 2.45) is 7.05 Å². The molecule has 0 radical (unpaired) electrons. The Morgan fingerprint density at radius 1 is 1.21 bits per heavy atom. The van der Waals surface area contributed by atoms with E-state index in [9.17, 15) is 14.9 Å². The zero-order valence-corrected chi connectivity index (χ0v) is 21.0. The zero-order valence-electron chi connectivity index (χ0n) is 20.3. The summed E-state index contributed by atoms with van der Waals surface area (Å²) in [6.07, 6.45) is -2.33. The molecule has 0 aliphatic rings. The molecule has 34 heavy (non-hydrogen) atoms. The number of methoxy groups -OCH3 is 1. The lowest BCUT2D eigenvalue weighted by molar-refractivity contribution is -0.146. The Morgan fingerprint density at radius 2 is 1.82 bits per heavy atom. The molecule has 0 aliphatic heterocycles. The van der Waals surface area contributed by atoms with E-state index in [2.05, 4.69) is 41.4 Å². The van der Waals surface area contributed by atoms with Crippen LogP contribution in [-0.4, -0.2) is 41.9 Å². The molecule has 1 heterocycles. The minimum atomic E-state index is -1.19. The highest BCUT2D eigenvalue weighted by molar-refractivity contribution is 6.33. The van der Waals surface area contributed by atoms with Gasteiger partial charge in [0.1, 0.15) is 17.3 Å². The predicted octanol–water partition coefficient (Wildman–Crippen LogP) is 4.76. The third-order valence-electron chi connectivity index (χ3n) is 4.82. The molecule has 1 atom stereocenters. The number of aryl methyl sites for hydroxylation is 2. The van der Waals surface area contributed by atoms with Crippen LogP contribution in [0.1, 0.15) is 50.2 Å². The number of hydrogen-bond donors (Lipinski definition) is 0. The first-order valence-electron chi connectivity index (χ1n) is 10.4. The van der Waals surface area contributed by atoms with E-state index in [1.807, 2.05) is 24.3 Å². The molecule has 0 N–H and O–H groups in total. The number of carbonyl (C=O) groups excluding carboxylic acids is 2. The molecule has 0 saturated carbocycles. The van der Waals surface area contributed by atoms with E-state index < -0.39 is 25.0 Å². The van der Waals surface area contributed by atoms with Gasteiger partial charge in [0.05, 0.1) is 17.8 Å². The van der Waals surface area contributed by atoms with Crippen LogP contribution in [0.2, 0.25) is 5.02 Å². The van der Waals surface area contributed by atoms with Gasteiger partial charge in [-0.05, 0) is 23.5 Å². The van der Waals surface area contributed by atoms with Crippen molar-refractivity contribution in [1.29, 1.82) is 5.26 Å². The average molecular weight is 490 g/mol. The van der Waals surface area contributed by atoms with E-state index in [4.69, 9.17) is 21.1 Å². The van der Waals surface area contributed by atoms with Gasteiger partial charge in [-0.1, -0.05) is 56.6 Å². The fourth-order valence-corrected chi connectivity index (χ4v) is 3.28. The maximum Gasteiger partial charge on any atom is 0.511 e. The van der Waals surface area contributed by atoms with Gasteiger partial charge < -0.3 is 18.9 Å². The number of benzene rings is 1. The van der Waals surface area contributed by atoms with Gasteiger partial charge in [-0.2, -0.15) is 10.4 Å². The Morgan fingerprint density at radius 3 is 2.29 bits per heavy atom. The van der Waals surface area contributed by atoms with Crippen LogP contribution >= 0.6 is 11.6 Å². The standard InChI is InChI=1S/C24H28ClN3O6/c1-14-20(25)21(28(6)27-14)22(33-15(2)34-23(30)32-13-19(29)31-7)18(12-26)16-8-10-17(11-9-16)24(3,4)5/h8-11,15H,13H2,1-7H3/b22-18-. The van der Waals surface area contributed by atoms with E-state index >= 15 is 0 Å². The van der Waals surface area contributed by atoms with Gasteiger partial charge >= 0.3 is 12.1 Å². The second kappa shape index (κ2) is 11.1. The average Bonchev–Trinajstić information content (AvgIpc) is 3.02. The zero-order chi connectivity index (χ0) is 25.6. The van der Waals surface area contributed by atoms with Crippen molar-refractivity contribution in [3.05, 3.63) is 51.8 Å². The second-order valence-corrected chi connectivity index (χ2v) is 8.81. The molecule has 2 aromatic rings. The van der Waals surface area contributed by atoms with E-state index in [-0.39, 0.29) is 21.8 Å². The Bertz CT molecular complexity index is 1120. The summed E-state index contributed by atoms with van der Waals surface area (Å²) in [6.45, 7) is 8.82. The molecule has 1 unspecified atom stereocenters. The first kappa shape index (κ1) is 26.7. The number of halogens is 1. The third kappa shape index (κ3) is 6.51. The maximum absolute atomic E-state index is 11.9. The number of ether oxygens (including phenoxy) is 4. The monoisotopic (exact) mass is 489 g/mol. The van der Waals surface area contributed by atoms with Crippen molar-refractivity contribution in [3.63, 3.8) is 0 Å². The Hall–Kier alpha value is -3.51. The predicted molar refractivity (Wildman–Crippen MR) is 126 cm³/mol. The van der Waals surface area contributed by atoms with Crippen LogP contribution in [0.25, 0.3) is 11.3 Å². The molecular formula is C24H28ClN3O6. The van der Waals surface area contributed by atoms with E-state index in [1.165, 1.54) is 11.6 Å². The summed E-state index contributed by atoms with van der Waals surface area (Å²) in [4.78, 5) is 23.1. The van der Waals surface area contributed by atoms with Crippen molar-refractivity contribution in [1.82, 2.24) is 9.78 Å². The van der Waals surface area contributed by atoms with Crippen molar-refractivity contribution >= 4 is 35.1 Å². The third-order valence-corrected chi connectivity index (χ3v) is 5.28. The molecule has 0 bridgehead atoms. The first-order valence-corrected chi connectivity index (χ1v) is 10.8. The summed E-state index contributed by atoms with van der Waals surface area (Å²) in [5, 5.41) is 14.6. The molecule has 0 aliphatic carbocycles. The molecule has 0 amide bonds. The fraction of sp³-hybridized carbons (Fsp3) is 0.417. The molecule has 9 nitrogen and oxygen atoms in total. The number of nitrogens with zero attached hydrogens (tertiary/aromatic N) is 3. The van der Waals surface area contributed by atoms with Gasteiger partial charge in [-0.3, -0.25) is 4.68 Å². The second-order valence-electron chi connectivity index (χ2n) is 8.43. The lowest BCUT2D eigenvalue weighted by Gasteiger charge is -2.21. The van der Waals surface area contributed by atoms with Gasteiger partial charge in [-0.25, -0.2) is 9.59 Å². The van der Waals surface area contributed by atoms with Crippen LogP contribution in [-0.2, 0) is 36.2 Å². The van der Waals surface area contributed by atoms with Gasteiger partial charge in [0.15, 0.2) is 12.4 Å². The van der Waals surface area contributed by atoms with Gasteiger partial charge in [0, 0.05) is 14.0 Å². The first-order chi connectivity index (χ1) is 15.9. The summed E-state index contributed by atoms with van der Waals surface area (Å²) in [5.41, 5.74) is 2.66. The van der Waals surface area contributed by atoms with E-state index in [0.717, 1.165) is 12.7 Å². The van der Waals surface area contributed by atoms with E-state index in [0.29, 0.717) is 17.0 Å². The Balaban J connectivity index is 2.47. The highest BCUT2D eigenvalue weighted by Gasteiger charge is 2.26. The number of hydrogen-bond acceptors (Lipinski definition) is 8. The molecule has 10 heteroatoms. The number of nitriles is 1. The molecule has 1 aromatic heterocycles. The maximum atomic E-state index is 11.9. The molecule has 0 spiro atoms.